The second-order valence-electron chi connectivity index (χ2n) is 6.19. The first-order chi connectivity index (χ1) is 15.2. The van der Waals surface area contributed by atoms with Crippen LogP contribution in [0.5, 0.6) is 0 Å². The fourth-order valence-corrected chi connectivity index (χ4v) is 3.55. The van der Waals surface area contributed by atoms with Crippen LogP contribution in [0.3, 0.4) is 0 Å². The molecule has 2 aromatic heterocycles. The van der Waals surface area contributed by atoms with Gasteiger partial charge in [0, 0.05) is 5.56 Å². The van der Waals surface area contributed by atoms with E-state index in [4.69, 9.17) is 0 Å². The third-order valence-electron chi connectivity index (χ3n) is 4.19. The second-order valence-corrected chi connectivity index (χ2v) is 7.11. The van der Waals surface area contributed by atoms with E-state index in [9.17, 15) is 27.6 Å². The Bertz CT molecular complexity index is 1150. The van der Waals surface area contributed by atoms with Crippen LogP contribution in [-0.2, 0) is 15.7 Å². The van der Waals surface area contributed by atoms with E-state index in [2.05, 4.69) is 19.9 Å². The van der Waals surface area contributed by atoms with Crippen molar-refractivity contribution in [2.24, 2.45) is 0 Å². The number of amides is 1. The van der Waals surface area contributed by atoms with Crippen molar-refractivity contribution in [2.45, 2.75) is 13.1 Å². The fraction of sp³-hybridized carbons (Fsp3) is 0.200. The van der Waals surface area contributed by atoms with Gasteiger partial charge in [0.15, 0.2) is 5.69 Å². The molecule has 0 spiro atoms. The molecule has 1 N–H and O–H groups in total. The quantitative estimate of drug-likeness (QED) is 0.547. The highest BCUT2D eigenvalue weighted by molar-refractivity contribution is 7.12. The third kappa shape index (κ3) is 4.64. The van der Waals surface area contributed by atoms with Gasteiger partial charge in [-0.3, -0.25) is 4.79 Å². The van der Waals surface area contributed by atoms with Gasteiger partial charge >= 0.3 is 18.1 Å². The van der Waals surface area contributed by atoms with Crippen molar-refractivity contribution in [3.8, 4) is 5.69 Å². The normalized spacial score (nSPS) is 11.2. The summed E-state index contributed by atoms with van der Waals surface area (Å²) in [6.45, 7) is 1.39. The lowest BCUT2D eigenvalue weighted by molar-refractivity contribution is -0.143. The number of hydrogen-bond donors (Lipinski definition) is 1. The van der Waals surface area contributed by atoms with Crippen LogP contribution in [0, 0.1) is 0 Å². The van der Waals surface area contributed by atoms with E-state index >= 15 is 0 Å². The van der Waals surface area contributed by atoms with Crippen LogP contribution < -0.4 is 5.32 Å². The molecular formula is C20H16F3N3O5S. The minimum Gasteiger partial charge on any atom is -0.465 e. The molecular weight excluding hydrogens is 451 g/mol. The average Bonchev–Trinajstić information content (AvgIpc) is 3.40. The van der Waals surface area contributed by atoms with Crippen LogP contribution in [-0.4, -0.2) is 41.3 Å². The highest BCUT2D eigenvalue weighted by Crippen LogP contribution is 2.34. The Balaban J connectivity index is 1.88. The molecule has 1 amide bonds. The zero-order valence-corrected chi connectivity index (χ0v) is 17.5. The van der Waals surface area contributed by atoms with Crippen molar-refractivity contribution < 1.29 is 37.0 Å². The monoisotopic (exact) mass is 467 g/mol. The summed E-state index contributed by atoms with van der Waals surface area (Å²) in [5.41, 5.74) is -1.64. The van der Waals surface area contributed by atoms with Gasteiger partial charge in [0.05, 0.1) is 31.3 Å². The summed E-state index contributed by atoms with van der Waals surface area (Å²) in [6.07, 6.45) is -4.09. The number of carbonyl (C=O) groups excluding carboxylic acids is 3. The summed E-state index contributed by atoms with van der Waals surface area (Å²) in [7, 11) is 1.21. The first-order valence-electron chi connectivity index (χ1n) is 9.07. The maximum atomic E-state index is 13.6. The number of esters is 2. The Morgan fingerprint density at radius 3 is 2.41 bits per heavy atom. The molecule has 0 unspecified atom stereocenters. The number of methoxy groups -OCH3 is 1. The van der Waals surface area contributed by atoms with Crippen molar-refractivity contribution in [3.63, 3.8) is 0 Å². The molecule has 0 radical (unpaired) electrons. The van der Waals surface area contributed by atoms with Gasteiger partial charge in [0.25, 0.3) is 5.91 Å². The van der Waals surface area contributed by atoms with Crippen LogP contribution in [0.25, 0.3) is 5.69 Å². The molecule has 0 saturated carbocycles. The van der Waals surface area contributed by atoms with E-state index in [-0.39, 0.29) is 28.4 Å². The van der Waals surface area contributed by atoms with Crippen LogP contribution in [0.1, 0.15) is 43.0 Å². The van der Waals surface area contributed by atoms with Gasteiger partial charge in [-0.2, -0.15) is 18.3 Å². The second kappa shape index (κ2) is 9.22. The zero-order chi connectivity index (χ0) is 23.5. The number of benzene rings is 1. The van der Waals surface area contributed by atoms with Crippen LogP contribution in [0.2, 0.25) is 0 Å². The predicted octanol–water partition coefficient (Wildman–Crippen LogP) is 4.17. The van der Waals surface area contributed by atoms with Crippen LogP contribution in [0.15, 0.2) is 41.9 Å². The van der Waals surface area contributed by atoms with Crippen molar-refractivity contribution in [1.82, 2.24) is 9.78 Å². The standard InChI is InChI=1S/C20H16F3N3O5S/c1-3-31-18(28)13-10-24-26(16(13)20(21,22)23)12-6-4-11(5-7-12)17(27)25-14-8-9-32-15(14)19(29)30-2/h4-10H,3H2,1-2H3,(H,25,27). The molecule has 0 aliphatic carbocycles. The molecule has 0 bridgehead atoms. The number of ether oxygens (including phenoxy) is 2. The molecule has 0 saturated heterocycles. The number of rotatable bonds is 6. The van der Waals surface area contributed by atoms with Gasteiger partial charge < -0.3 is 14.8 Å². The summed E-state index contributed by atoms with van der Waals surface area (Å²) in [6, 6.07) is 6.61. The minimum atomic E-state index is -4.88. The molecule has 1 aromatic carbocycles. The molecule has 12 heteroatoms. The van der Waals surface area contributed by atoms with E-state index in [1.165, 1.54) is 44.4 Å². The number of aromatic nitrogens is 2. The number of nitrogens with zero attached hydrogens (tertiary/aromatic N) is 2. The van der Waals surface area contributed by atoms with Gasteiger partial charge in [-0.25, -0.2) is 14.3 Å². The van der Waals surface area contributed by atoms with Crippen molar-refractivity contribution in [1.29, 1.82) is 0 Å². The van der Waals surface area contributed by atoms with Gasteiger partial charge in [-0.15, -0.1) is 11.3 Å². The lowest BCUT2D eigenvalue weighted by Gasteiger charge is -2.13. The Morgan fingerprint density at radius 2 is 1.81 bits per heavy atom. The topological polar surface area (TPSA) is 99.5 Å². The highest BCUT2D eigenvalue weighted by atomic mass is 32.1. The largest absolute Gasteiger partial charge is 0.465 e. The Kier molecular flexibility index (Phi) is 6.63. The first-order valence-corrected chi connectivity index (χ1v) is 9.95. The summed E-state index contributed by atoms with van der Waals surface area (Å²) < 4.78 is 50.7. The molecule has 32 heavy (non-hydrogen) atoms. The van der Waals surface area contributed by atoms with Crippen LogP contribution in [0.4, 0.5) is 18.9 Å². The van der Waals surface area contributed by atoms with E-state index in [0.29, 0.717) is 4.68 Å². The third-order valence-corrected chi connectivity index (χ3v) is 5.09. The van der Waals surface area contributed by atoms with E-state index < -0.39 is 35.3 Å². The molecule has 0 fully saturated rings. The summed E-state index contributed by atoms with van der Waals surface area (Å²) in [5.74, 6) is -2.33. The molecule has 3 rings (SSSR count). The van der Waals surface area contributed by atoms with Crippen molar-refractivity contribution in [2.75, 3.05) is 19.0 Å². The number of hydrogen-bond acceptors (Lipinski definition) is 7. The van der Waals surface area contributed by atoms with E-state index in [1.807, 2.05) is 0 Å². The summed E-state index contributed by atoms with van der Waals surface area (Å²) in [4.78, 5) is 36.3. The molecule has 3 aromatic rings. The summed E-state index contributed by atoms with van der Waals surface area (Å²) in [5, 5.41) is 7.83. The maximum absolute atomic E-state index is 13.6. The Labute approximate surface area is 183 Å². The summed E-state index contributed by atoms with van der Waals surface area (Å²) >= 11 is 1.09. The maximum Gasteiger partial charge on any atom is 0.434 e. The lowest BCUT2D eigenvalue weighted by Crippen LogP contribution is -2.18. The molecule has 8 nitrogen and oxygen atoms in total. The number of thiophene rings is 1. The molecule has 2 heterocycles. The minimum absolute atomic E-state index is 0.0183. The van der Waals surface area contributed by atoms with Gasteiger partial charge in [-0.05, 0) is 42.6 Å². The number of alkyl halides is 3. The number of halogens is 3. The number of anilines is 1. The van der Waals surface area contributed by atoms with Crippen molar-refractivity contribution in [3.05, 3.63) is 63.6 Å². The zero-order valence-electron chi connectivity index (χ0n) is 16.7. The lowest BCUT2D eigenvalue weighted by atomic mass is 10.1. The van der Waals surface area contributed by atoms with Crippen molar-refractivity contribution >= 4 is 34.9 Å². The number of nitrogens with one attached hydrogen (secondary N) is 1. The molecule has 0 aliphatic heterocycles. The van der Waals surface area contributed by atoms with Gasteiger partial charge in [-0.1, -0.05) is 0 Å². The highest BCUT2D eigenvalue weighted by Gasteiger charge is 2.41. The first kappa shape index (κ1) is 23.0. The number of carbonyl (C=O) groups is 3. The molecule has 0 aliphatic rings. The van der Waals surface area contributed by atoms with Gasteiger partial charge in [0.1, 0.15) is 10.4 Å². The predicted molar refractivity (Wildman–Crippen MR) is 108 cm³/mol. The average molecular weight is 467 g/mol. The van der Waals surface area contributed by atoms with Gasteiger partial charge in [0.2, 0.25) is 0 Å². The smallest absolute Gasteiger partial charge is 0.434 e. The van der Waals surface area contributed by atoms with Crippen LogP contribution >= 0.6 is 11.3 Å². The SMILES string of the molecule is CCOC(=O)c1cnn(-c2ccc(C(=O)Nc3ccsc3C(=O)OC)cc2)c1C(F)(F)F. The van der Waals surface area contributed by atoms with E-state index in [1.54, 1.807) is 5.38 Å². The van der Waals surface area contributed by atoms with E-state index in [0.717, 1.165) is 17.5 Å². The molecule has 168 valence electrons. The Morgan fingerprint density at radius 1 is 1.12 bits per heavy atom. The molecule has 0 atom stereocenters. The fourth-order valence-electron chi connectivity index (χ4n) is 2.78. The Hall–Kier alpha value is -3.67.